The fourth-order valence-corrected chi connectivity index (χ4v) is 5.56. The Morgan fingerprint density at radius 2 is 1.89 bits per heavy atom. The predicted molar refractivity (Wildman–Crippen MR) is 135 cm³/mol. The van der Waals surface area contributed by atoms with Crippen molar-refractivity contribution in [3.05, 3.63) is 71.6 Å². The Morgan fingerprint density at radius 3 is 2.51 bits per heavy atom. The van der Waals surface area contributed by atoms with Gasteiger partial charge >= 0.3 is 6.03 Å². The number of urea groups is 1. The van der Waals surface area contributed by atoms with Crippen molar-refractivity contribution in [1.29, 1.82) is 0 Å². The lowest BCUT2D eigenvalue weighted by Crippen LogP contribution is -2.42. The quantitative estimate of drug-likeness (QED) is 0.441. The molecule has 7 heteroatoms. The Labute approximate surface area is 205 Å². The van der Waals surface area contributed by atoms with E-state index in [0.29, 0.717) is 18.7 Å². The first-order valence-corrected chi connectivity index (χ1v) is 12.8. The van der Waals surface area contributed by atoms with Crippen molar-refractivity contribution in [2.24, 2.45) is 0 Å². The van der Waals surface area contributed by atoms with Crippen LogP contribution in [0.3, 0.4) is 0 Å². The molecule has 1 aromatic heterocycles. The maximum atomic E-state index is 12.3. The second-order valence-corrected chi connectivity index (χ2v) is 9.84. The van der Waals surface area contributed by atoms with E-state index in [4.69, 9.17) is 9.26 Å². The third kappa shape index (κ3) is 4.13. The molecule has 0 radical (unpaired) electrons. The summed E-state index contributed by atoms with van der Waals surface area (Å²) in [6.45, 7) is 2.65. The van der Waals surface area contributed by atoms with Crippen molar-refractivity contribution >= 4 is 17.4 Å². The first-order chi connectivity index (χ1) is 17.2. The number of hydrogen-bond acceptors (Lipinski definition) is 5. The maximum Gasteiger partial charge on any atom is 0.319 e. The number of carbonyl (C=O) groups excluding carboxylic acids is 1. The highest BCUT2D eigenvalue weighted by Crippen LogP contribution is 2.55. The van der Waals surface area contributed by atoms with E-state index in [1.165, 1.54) is 42.5 Å². The van der Waals surface area contributed by atoms with Gasteiger partial charge in [-0.3, -0.25) is 0 Å². The summed E-state index contributed by atoms with van der Waals surface area (Å²) in [5, 5.41) is 10.4. The zero-order chi connectivity index (χ0) is 23.8. The van der Waals surface area contributed by atoms with Crippen LogP contribution >= 0.6 is 0 Å². The van der Waals surface area contributed by atoms with Gasteiger partial charge in [0.2, 0.25) is 0 Å². The summed E-state index contributed by atoms with van der Waals surface area (Å²) in [5.74, 6) is 0.952. The molecule has 2 fully saturated rings. The van der Waals surface area contributed by atoms with Gasteiger partial charge < -0.3 is 24.8 Å². The number of nitrogens with one attached hydrogen (secondary N) is 2. The predicted octanol–water partition coefficient (Wildman–Crippen LogP) is 5.99. The fourth-order valence-electron chi connectivity index (χ4n) is 5.56. The summed E-state index contributed by atoms with van der Waals surface area (Å²) in [5.41, 5.74) is 5.41. The van der Waals surface area contributed by atoms with Crippen LogP contribution in [0.25, 0.3) is 0 Å². The number of anilines is 2. The van der Waals surface area contributed by atoms with Crippen molar-refractivity contribution in [3.63, 3.8) is 0 Å². The molecule has 2 aromatic carbocycles. The summed E-state index contributed by atoms with van der Waals surface area (Å²) < 4.78 is 11.1. The van der Waals surface area contributed by atoms with Gasteiger partial charge in [0, 0.05) is 35.6 Å². The summed E-state index contributed by atoms with van der Waals surface area (Å²) in [7, 11) is 0. The van der Waals surface area contributed by atoms with E-state index in [2.05, 4.69) is 51.0 Å². The number of aromatic nitrogens is 1. The molecule has 2 amide bonds. The lowest BCUT2D eigenvalue weighted by Gasteiger charge is -2.42. The minimum atomic E-state index is -0.129. The van der Waals surface area contributed by atoms with Crippen LogP contribution in [-0.2, 0) is 0 Å². The smallest absolute Gasteiger partial charge is 0.319 e. The number of ether oxygens (including phenoxy) is 1. The van der Waals surface area contributed by atoms with E-state index in [0.717, 1.165) is 30.0 Å². The molecule has 2 heterocycles. The monoisotopic (exact) mass is 472 g/mol. The average Bonchev–Trinajstić information content (AvgIpc) is 3.43. The van der Waals surface area contributed by atoms with Gasteiger partial charge in [0.15, 0.2) is 0 Å². The van der Waals surface area contributed by atoms with E-state index in [9.17, 15) is 4.79 Å². The van der Waals surface area contributed by atoms with Crippen LogP contribution in [0.15, 0.2) is 59.3 Å². The maximum absolute atomic E-state index is 12.3. The van der Waals surface area contributed by atoms with Crippen molar-refractivity contribution in [3.8, 4) is 5.75 Å². The second kappa shape index (κ2) is 9.29. The minimum absolute atomic E-state index is 0.0563. The molecule has 0 spiro atoms. The first-order valence-electron chi connectivity index (χ1n) is 12.8. The van der Waals surface area contributed by atoms with E-state index in [-0.39, 0.29) is 18.0 Å². The van der Waals surface area contributed by atoms with Gasteiger partial charge in [-0.15, -0.1) is 0 Å². The minimum Gasteiger partial charge on any atom is -0.494 e. The Kier molecular flexibility index (Phi) is 5.84. The molecule has 182 valence electrons. The number of amides is 2. The van der Waals surface area contributed by atoms with Crippen LogP contribution in [0.5, 0.6) is 5.75 Å². The zero-order valence-corrected chi connectivity index (χ0v) is 20.1. The van der Waals surface area contributed by atoms with Crippen molar-refractivity contribution < 1.29 is 14.1 Å². The molecule has 2 N–H and O–H groups in total. The van der Waals surface area contributed by atoms with Gasteiger partial charge in [0.1, 0.15) is 12.0 Å². The lowest BCUT2D eigenvalue weighted by atomic mass is 9.85. The number of benzene rings is 2. The van der Waals surface area contributed by atoms with Gasteiger partial charge in [-0.05, 0) is 74.8 Å². The highest BCUT2D eigenvalue weighted by molar-refractivity contribution is 5.89. The number of carbonyl (C=O) groups is 1. The van der Waals surface area contributed by atoms with E-state index in [1.807, 2.05) is 25.1 Å². The van der Waals surface area contributed by atoms with E-state index >= 15 is 0 Å². The topological polar surface area (TPSA) is 79.6 Å². The molecule has 7 nitrogen and oxygen atoms in total. The molecule has 2 aliphatic carbocycles. The van der Waals surface area contributed by atoms with Gasteiger partial charge in [0.25, 0.3) is 0 Å². The van der Waals surface area contributed by atoms with Gasteiger partial charge in [-0.1, -0.05) is 23.4 Å². The number of rotatable bonds is 7. The fraction of sp³-hybridized carbons (Fsp3) is 0.429. The lowest BCUT2D eigenvalue weighted by molar-refractivity contribution is 0.240. The van der Waals surface area contributed by atoms with Crippen molar-refractivity contribution in [1.82, 2.24) is 10.5 Å². The summed E-state index contributed by atoms with van der Waals surface area (Å²) in [4.78, 5) is 14.9. The molecule has 35 heavy (non-hydrogen) atoms. The molecular weight excluding hydrogens is 440 g/mol. The highest BCUT2D eigenvalue weighted by atomic mass is 16.5. The Balaban J connectivity index is 1.33. The Bertz CT molecular complexity index is 1170. The molecule has 2 unspecified atom stereocenters. The third-order valence-corrected chi connectivity index (χ3v) is 7.74. The molecule has 6 rings (SSSR count). The van der Waals surface area contributed by atoms with Gasteiger partial charge in [0.05, 0.1) is 24.3 Å². The third-order valence-electron chi connectivity index (χ3n) is 7.74. The molecule has 0 saturated heterocycles. The SMILES string of the molecule is CCOc1ccc2c(c1)N(C1CCC1)C(c1ccc(NC(=O)NC3CCC3)cc1)C2c1ccon1. The van der Waals surface area contributed by atoms with Crippen LogP contribution in [0.2, 0.25) is 0 Å². The van der Waals surface area contributed by atoms with Crippen LogP contribution in [0.1, 0.15) is 74.2 Å². The zero-order valence-electron chi connectivity index (χ0n) is 20.1. The van der Waals surface area contributed by atoms with Crippen LogP contribution in [0.4, 0.5) is 16.2 Å². The Morgan fingerprint density at radius 1 is 1.09 bits per heavy atom. The Hall–Kier alpha value is -3.48. The van der Waals surface area contributed by atoms with Gasteiger partial charge in [-0.2, -0.15) is 0 Å². The number of hydrogen-bond donors (Lipinski definition) is 2. The summed E-state index contributed by atoms with van der Waals surface area (Å²) in [6, 6.07) is 17.4. The molecule has 3 aliphatic rings. The highest BCUT2D eigenvalue weighted by Gasteiger charge is 2.45. The summed E-state index contributed by atoms with van der Waals surface area (Å²) in [6.07, 6.45) is 8.60. The number of nitrogens with zero attached hydrogens (tertiary/aromatic N) is 2. The average molecular weight is 473 g/mol. The molecule has 3 aromatic rings. The van der Waals surface area contributed by atoms with Crippen LogP contribution < -0.4 is 20.3 Å². The van der Waals surface area contributed by atoms with Crippen LogP contribution in [0, 0.1) is 0 Å². The second-order valence-electron chi connectivity index (χ2n) is 9.84. The first kappa shape index (κ1) is 22.0. The molecular formula is C28H32N4O3. The number of fused-ring (bicyclic) bond motifs is 1. The van der Waals surface area contributed by atoms with Crippen molar-refractivity contribution in [2.45, 2.75) is 69.5 Å². The molecule has 1 aliphatic heterocycles. The molecule has 2 atom stereocenters. The van der Waals surface area contributed by atoms with E-state index in [1.54, 1.807) is 6.26 Å². The standard InChI is InChI=1S/C28H32N4O3/c1-2-34-22-13-14-23-25(17-22)32(21-7-4-8-21)27(26(23)24-15-16-35-31-24)18-9-11-20(12-10-18)30-28(33)29-19-5-3-6-19/h9-17,19,21,26-27H,2-8H2,1H3,(H2,29,30,33). The normalized spacial score (nSPS) is 21.7. The van der Waals surface area contributed by atoms with Crippen molar-refractivity contribution in [2.75, 3.05) is 16.8 Å². The van der Waals surface area contributed by atoms with Gasteiger partial charge in [-0.25, -0.2) is 4.79 Å². The summed E-state index contributed by atoms with van der Waals surface area (Å²) >= 11 is 0. The largest absolute Gasteiger partial charge is 0.494 e. The molecule has 2 saturated carbocycles. The van der Waals surface area contributed by atoms with Crippen LogP contribution in [-0.4, -0.2) is 29.9 Å². The van der Waals surface area contributed by atoms with E-state index < -0.39 is 0 Å². The molecule has 0 bridgehead atoms.